The number of alkyl halides is 3. The number of carbonyl (C=O) groups excluding carboxylic acids is 1. The third-order valence-electron chi connectivity index (χ3n) is 5.52. The highest BCUT2D eigenvalue weighted by Gasteiger charge is 2.30. The first-order valence-electron chi connectivity index (χ1n) is 10.6. The minimum absolute atomic E-state index is 0.0150. The molecular weight excluding hydrogens is 489 g/mol. The molecule has 2 aromatic carbocycles. The van der Waals surface area contributed by atoms with Gasteiger partial charge in [-0.05, 0) is 54.5 Å². The van der Waals surface area contributed by atoms with Crippen LogP contribution in [0.15, 0.2) is 53.4 Å². The lowest BCUT2D eigenvalue weighted by atomic mass is 10.2. The van der Waals surface area contributed by atoms with Crippen LogP contribution in [-0.2, 0) is 10.0 Å². The van der Waals surface area contributed by atoms with Crippen molar-refractivity contribution in [3.8, 4) is 0 Å². The number of hydrogen-bond donors (Lipinski definition) is 3. The number of thiophene rings is 1. The first-order chi connectivity index (χ1) is 16.1. The number of nitrogens with one attached hydrogen (secondary N) is 3. The molecule has 1 atom stereocenters. The molecule has 1 saturated heterocycles. The van der Waals surface area contributed by atoms with Crippen LogP contribution in [0.25, 0.3) is 10.1 Å². The molecule has 0 radical (unpaired) electrons. The van der Waals surface area contributed by atoms with Gasteiger partial charge in [-0.1, -0.05) is 30.3 Å². The first kappa shape index (κ1) is 24.3. The maximum absolute atomic E-state index is 13.7. The Labute approximate surface area is 199 Å². The van der Waals surface area contributed by atoms with E-state index < -0.39 is 34.8 Å². The zero-order valence-electron chi connectivity index (χ0n) is 18.1. The number of fused-ring (bicyclic) bond motifs is 1. The van der Waals surface area contributed by atoms with E-state index in [0.29, 0.717) is 10.6 Å². The summed E-state index contributed by atoms with van der Waals surface area (Å²) in [6.07, 6.45) is -5.86. The Morgan fingerprint density at radius 2 is 1.76 bits per heavy atom. The summed E-state index contributed by atoms with van der Waals surface area (Å²) < 4.78 is 67.3. The normalized spacial score (nSPS) is 16.5. The molecule has 3 aromatic rings. The highest BCUT2D eigenvalue weighted by atomic mass is 32.2. The third-order valence-corrected chi connectivity index (χ3v) is 8.75. The van der Waals surface area contributed by atoms with Gasteiger partial charge in [0.2, 0.25) is 0 Å². The van der Waals surface area contributed by atoms with Crippen molar-refractivity contribution in [2.75, 3.05) is 10.8 Å². The van der Waals surface area contributed by atoms with Gasteiger partial charge in [-0.3, -0.25) is 9.73 Å². The largest absolute Gasteiger partial charge is 0.389 e. The van der Waals surface area contributed by atoms with E-state index in [1.54, 1.807) is 12.1 Å². The van der Waals surface area contributed by atoms with Gasteiger partial charge in [0.25, 0.3) is 10.0 Å². The lowest BCUT2D eigenvalue weighted by molar-refractivity contribution is -0.135. The standard InChI is InChI=1S/C22H23F3N4O3S2/c1-14-17-6-2-3-7-18(17)33-20(14)29(13-5-4-12-22(23,24)25)34(31,32)16-10-8-15(9-11-16)19-26-21(30)28-27-19/h2-3,6-11,19,27H,4-5,12-13H2,1H3,(H2,26,28,30). The molecule has 0 bridgehead atoms. The van der Waals surface area contributed by atoms with Gasteiger partial charge in [0.1, 0.15) is 11.2 Å². The Balaban J connectivity index is 1.65. The van der Waals surface area contributed by atoms with E-state index in [-0.39, 0.29) is 24.3 Å². The highest BCUT2D eigenvalue weighted by Crippen LogP contribution is 2.40. The summed E-state index contributed by atoms with van der Waals surface area (Å²) in [7, 11) is -4.05. The number of unbranched alkanes of at least 4 members (excludes halogenated alkanes) is 1. The minimum Gasteiger partial charge on any atom is -0.316 e. The molecule has 1 unspecified atom stereocenters. The number of halogens is 3. The zero-order valence-corrected chi connectivity index (χ0v) is 19.8. The number of benzene rings is 2. The topological polar surface area (TPSA) is 90.5 Å². The molecule has 0 aliphatic carbocycles. The van der Waals surface area contributed by atoms with Gasteiger partial charge in [0, 0.05) is 17.7 Å². The van der Waals surface area contributed by atoms with Crippen LogP contribution in [0.4, 0.5) is 23.0 Å². The molecule has 34 heavy (non-hydrogen) atoms. The Bertz CT molecular complexity index is 1290. The molecule has 0 spiro atoms. The molecule has 2 heterocycles. The molecule has 1 aromatic heterocycles. The van der Waals surface area contributed by atoms with Gasteiger partial charge in [0.05, 0.1) is 4.90 Å². The van der Waals surface area contributed by atoms with Gasteiger partial charge in [-0.15, -0.1) is 11.3 Å². The molecule has 0 saturated carbocycles. The van der Waals surface area contributed by atoms with E-state index in [2.05, 4.69) is 16.2 Å². The summed E-state index contributed by atoms with van der Waals surface area (Å²) >= 11 is 1.30. The molecule has 12 heteroatoms. The van der Waals surface area contributed by atoms with Crippen LogP contribution < -0.4 is 20.5 Å². The second-order valence-corrected chi connectivity index (χ2v) is 10.8. The minimum atomic E-state index is -4.29. The fraction of sp³-hybridized carbons (Fsp3) is 0.318. The molecule has 182 valence electrons. The number of aryl methyl sites for hydroxylation is 1. The van der Waals surface area contributed by atoms with Crippen LogP contribution >= 0.6 is 11.3 Å². The van der Waals surface area contributed by atoms with Crippen LogP contribution in [-0.4, -0.2) is 27.2 Å². The number of hydrazine groups is 1. The van der Waals surface area contributed by atoms with E-state index in [4.69, 9.17) is 0 Å². The lowest BCUT2D eigenvalue weighted by Gasteiger charge is -2.24. The third kappa shape index (κ3) is 5.13. The Hall–Kier alpha value is -2.83. The fourth-order valence-corrected chi connectivity index (χ4v) is 6.79. The molecule has 1 aliphatic rings. The second kappa shape index (κ2) is 9.43. The van der Waals surface area contributed by atoms with Gasteiger partial charge < -0.3 is 5.32 Å². The summed E-state index contributed by atoms with van der Waals surface area (Å²) in [5, 5.41) is 4.03. The number of carbonyl (C=O) groups is 1. The number of anilines is 1. The Kier molecular flexibility index (Phi) is 6.74. The van der Waals surface area contributed by atoms with Crippen LogP contribution in [0.1, 0.15) is 36.6 Å². The van der Waals surface area contributed by atoms with Gasteiger partial charge in [-0.25, -0.2) is 18.6 Å². The maximum atomic E-state index is 13.7. The monoisotopic (exact) mass is 512 g/mol. The summed E-state index contributed by atoms with van der Waals surface area (Å²) in [5.41, 5.74) is 6.55. The quantitative estimate of drug-likeness (QED) is 0.373. The zero-order chi connectivity index (χ0) is 24.5. The summed E-state index contributed by atoms with van der Waals surface area (Å²) in [6, 6.07) is 13.1. The molecule has 1 fully saturated rings. The van der Waals surface area contributed by atoms with E-state index >= 15 is 0 Å². The predicted octanol–water partition coefficient (Wildman–Crippen LogP) is 4.95. The van der Waals surface area contributed by atoms with E-state index in [9.17, 15) is 26.4 Å². The number of rotatable bonds is 8. The van der Waals surface area contributed by atoms with Crippen molar-refractivity contribution in [2.45, 2.75) is 43.4 Å². The average Bonchev–Trinajstić information content (AvgIpc) is 3.36. The fourth-order valence-electron chi connectivity index (χ4n) is 3.78. The lowest BCUT2D eigenvalue weighted by Crippen LogP contribution is -2.32. The summed E-state index contributed by atoms with van der Waals surface area (Å²) in [4.78, 5) is 11.4. The van der Waals surface area contributed by atoms with Crippen molar-refractivity contribution >= 4 is 42.5 Å². The van der Waals surface area contributed by atoms with E-state index in [1.165, 1.54) is 27.8 Å². The predicted molar refractivity (Wildman–Crippen MR) is 125 cm³/mol. The smallest absolute Gasteiger partial charge is 0.316 e. The van der Waals surface area contributed by atoms with Gasteiger partial charge in [-0.2, -0.15) is 13.2 Å². The molecular formula is C22H23F3N4O3S2. The number of nitrogens with zero attached hydrogens (tertiary/aromatic N) is 1. The Morgan fingerprint density at radius 3 is 2.38 bits per heavy atom. The van der Waals surface area contributed by atoms with Crippen LogP contribution in [0, 0.1) is 6.92 Å². The van der Waals surface area contributed by atoms with Crippen LogP contribution in [0.5, 0.6) is 0 Å². The number of hydrogen-bond acceptors (Lipinski definition) is 5. The number of amides is 2. The Morgan fingerprint density at radius 1 is 1.06 bits per heavy atom. The highest BCUT2D eigenvalue weighted by molar-refractivity contribution is 7.93. The molecule has 2 amide bonds. The number of sulfonamides is 1. The molecule has 4 rings (SSSR count). The van der Waals surface area contributed by atoms with E-state index in [0.717, 1.165) is 15.6 Å². The first-order valence-corrected chi connectivity index (χ1v) is 12.8. The van der Waals surface area contributed by atoms with Gasteiger partial charge in [0.15, 0.2) is 0 Å². The van der Waals surface area contributed by atoms with Gasteiger partial charge >= 0.3 is 12.2 Å². The van der Waals surface area contributed by atoms with Crippen LogP contribution in [0.3, 0.4) is 0 Å². The van der Waals surface area contributed by atoms with Crippen LogP contribution in [0.2, 0.25) is 0 Å². The molecule has 3 N–H and O–H groups in total. The van der Waals surface area contributed by atoms with Crippen molar-refractivity contribution in [2.24, 2.45) is 0 Å². The maximum Gasteiger partial charge on any atom is 0.389 e. The van der Waals surface area contributed by atoms with Crippen molar-refractivity contribution in [1.29, 1.82) is 0 Å². The van der Waals surface area contributed by atoms with Crippen molar-refractivity contribution < 1.29 is 26.4 Å². The number of urea groups is 1. The second-order valence-electron chi connectivity index (χ2n) is 7.92. The van der Waals surface area contributed by atoms with Crippen molar-refractivity contribution in [3.05, 3.63) is 59.7 Å². The van der Waals surface area contributed by atoms with Crippen molar-refractivity contribution in [1.82, 2.24) is 16.2 Å². The SMILES string of the molecule is Cc1c(N(CCCCC(F)(F)F)S(=O)(=O)c2ccc(C3NNC(=O)N3)cc2)sc2ccccc12. The average molecular weight is 513 g/mol. The molecule has 1 aliphatic heterocycles. The summed E-state index contributed by atoms with van der Waals surface area (Å²) in [5.74, 6) is 0. The van der Waals surface area contributed by atoms with Crippen molar-refractivity contribution in [3.63, 3.8) is 0 Å². The van der Waals surface area contributed by atoms with E-state index in [1.807, 2.05) is 31.2 Å². The summed E-state index contributed by atoms with van der Waals surface area (Å²) in [6.45, 7) is 1.74. The molecule has 7 nitrogen and oxygen atoms in total.